The van der Waals surface area contributed by atoms with Crippen molar-refractivity contribution in [3.05, 3.63) is 0 Å². The largest absolute Gasteiger partial charge is 0.435 e. The third-order valence-electron chi connectivity index (χ3n) is 7.56. The first-order chi connectivity index (χ1) is 13.7. The fourth-order valence-electron chi connectivity index (χ4n) is 5.71. The third-order valence-corrected chi connectivity index (χ3v) is 7.56. The summed E-state index contributed by atoms with van der Waals surface area (Å²) in [4.78, 5) is 36.1. The number of hydrogen-bond acceptors (Lipinski definition) is 7. The van der Waals surface area contributed by atoms with E-state index in [1.807, 2.05) is 27.7 Å². The quantitative estimate of drug-likeness (QED) is 0.504. The minimum Gasteiger partial charge on any atom is -0.435 e. The van der Waals surface area contributed by atoms with E-state index in [0.29, 0.717) is 5.92 Å². The second kappa shape index (κ2) is 7.59. The summed E-state index contributed by atoms with van der Waals surface area (Å²) in [7, 11) is 0. The number of fused-ring (bicyclic) bond motifs is 2. The van der Waals surface area contributed by atoms with Crippen molar-refractivity contribution in [1.82, 2.24) is 0 Å². The molecule has 8 atom stereocenters. The molecule has 5 aliphatic rings. The average molecular weight is 411 g/mol. The van der Waals surface area contributed by atoms with E-state index in [1.54, 1.807) is 0 Å². The predicted molar refractivity (Wildman–Crippen MR) is 102 cm³/mol. The highest BCUT2D eigenvalue weighted by Gasteiger charge is 2.69. The first kappa shape index (κ1) is 21.2. The molecule has 164 valence electrons. The lowest BCUT2D eigenvalue weighted by Gasteiger charge is -2.59. The van der Waals surface area contributed by atoms with Gasteiger partial charge in [0.25, 0.3) is 0 Å². The zero-order valence-electron chi connectivity index (χ0n) is 18.1. The van der Waals surface area contributed by atoms with Crippen LogP contribution in [0.15, 0.2) is 0 Å². The lowest BCUT2D eigenvalue weighted by atomic mass is 9.58. The van der Waals surface area contributed by atoms with Gasteiger partial charge in [0.2, 0.25) is 12.1 Å². The summed E-state index contributed by atoms with van der Waals surface area (Å²) >= 11 is 0. The summed E-state index contributed by atoms with van der Waals surface area (Å²) < 4.78 is 18.2. The summed E-state index contributed by atoms with van der Waals surface area (Å²) in [6.45, 7) is 9.85. The van der Waals surface area contributed by atoms with E-state index in [1.165, 1.54) is 0 Å². The molecule has 2 bridgehead atoms. The molecule has 4 saturated heterocycles. The number of carbonyl (C=O) groups is 2. The van der Waals surface area contributed by atoms with E-state index in [2.05, 4.69) is 6.92 Å². The summed E-state index contributed by atoms with van der Waals surface area (Å²) in [6, 6.07) is 0. The molecule has 5 rings (SSSR count). The SMILES string of the molecule is CC(C)C(=O)CCC(=O)O[C@@H]1O[C@@H]2OC3(C)CC[C@H]4[C@H](C)CC[C@@H]([C@H]1C)[C@@]24OO3. The highest BCUT2D eigenvalue weighted by Crippen LogP contribution is 2.60. The Labute approximate surface area is 172 Å². The minimum absolute atomic E-state index is 0.0549. The molecule has 0 amide bonds. The summed E-state index contributed by atoms with van der Waals surface area (Å²) in [6.07, 6.45) is 2.67. The Morgan fingerprint density at radius 3 is 2.55 bits per heavy atom. The van der Waals surface area contributed by atoms with Gasteiger partial charge in [0.1, 0.15) is 5.78 Å². The number of ether oxygens (including phenoxy) is 3. The fourth-order valence-corrected chi connectivity index (χ4v) is 5.71. The van der Waals surface area contributed by atoms with Crippen LogP contribution in [0.1, 0.15) is 73.1 Å². The lowest BCUT2D eigenvalue weighted by Crippen LogP contribution is -2.70. The van der Waals surface area contributed by atoms with Crippen molar-refractivity contribution in [1.29, 1.82) is 0 Å². The highest BCUT2D eigenvalue weighted by atomic mass is 17.3. The Morgan fingerprint density at radius 1 is 1.07 bits per heavy atom. The average Bonchev–Trinajstić information content (AvgIpc) is 2.90. The monoisotopic (exact) mass is 410 g/mol. The Kier molecular flexibility index (Phi) is 5.55. The van der Waals surface area contributed by atoms with Gasteiger partial charge in [0.15, 0.2) is 11.9 Å². The van der Waals surface area contributed by atoms with Gasteiger partial charge in [0.05, 0.1) is 6.42 Å². The maximum absolute atomic E-state index is 12.4. The van der Waals surface area contributed by atoms with Crippen LogP contribution >= 0.6 is 0 Å². The van der Waals surface area contributed by atoms with Gasteiger partial charge >= 0.3 is 5.97 Å². The summed E-state index contributed by atoms with van der Waals surface area (Å²) in [5.74, 6) is -0.463. The smallest absolute Gasteiger partial charge is 0.308 e. The first-order valence-corrected chi connectivity index (χ1v) is 11.1. The van der Waals surface area contributed by atoms with E-state index < -0.39 is 29.9 Å². The normalized spacial score (nSPS) is 46.1. The second-order valence-electron chi connectivity index (χ2n) is 9.88. The van der Waals surface area contributed by atoms with Gasteiger partial charge in [-0.05, 0) is 38.0 Å². The number of ketones is 1. The van der Waals surface area contributed by atoms with Crippen LogP contribution in [-0.4, -0.2) is 35.7 Å². The van der Waals surface area contributed by atoms with Crippen LogP contribution in [0.3, 0.4) is 0 Å². The molecule has 0 aromatic heterocycles. The molecule has 1 aliphatic carbocycles. The summed E-state index contributed by atoms with van der Waals surface area (Å²) in [5, 5.41) is 0. The molecule has 4 aliphatic heterocycles. The molecule has 1 unspecified atom stereocenters. The standard InChI is InChI=1S/C22H34O7/c1-12(2)17(23)8-9-18(24)25-19-14(4)16-7-6-13(3)15-10-11-21(5)27-20(26-19)22(15,16)29-28-21/h12-16,19-20H,6-11H2,1-5H3/t13-,14-,15+,16+,19-,20-,21?,22-/m1/s1. The maximum atomic E-state index is 12.4. The van der Waals surface area contributed by atoms with Crippen LogP contribution in [0.2, 0.25) is 0 Å². The zero-order chi connectivity index (χ0) is 21.0. The van der Waals surface area contributed by atoms with E-state index in [4.69, 9.17) is 24.0 Å². The molecule has 29 heavy (non-hydrogen) atoms. The predicted octanol–water partition coefficient (Wildman–Crippen LogP) is 3.74. The number of carbonyl (C=O) groups excluding carboxylic acids is 2. The van der Waals surface area contributed by atoms with Gasteiger partial charge in [-0.1, -0.05) is 27.7 Å². The number of hydrogen-bond donors (Lipinski definition) is 0. The van der Waals surface area contributed by atoms with Crippen LogP contribution in [0, 0.1) is 29.6 Å². The number of esters is 1. The second-order valence-corrected chi connectivity index (χ2v) is 9.88. The molecule has 0 radical (unpaired) electrons. The van der Waals surface area contributed by atoms with E-state index in [9.17, 15) is 9.59 Å². The zero-order valence-corrected chi connectivity index (χ0v) is 18.1. The molecule has 7 heteroatoms. The van der Waals surface area contributed by atoms with Crippen LogP contribution in [0.25, 0.3) is 0 Å². The van der Waals surface area contributed by atoms with Crippen molar-refractivity contribution in [2.75, 3.05) is 0 Å². The number of rotatable bonds is 5. The van der Waals surface area contributed by atoms with Crippen molar-refractivity contribution in [3.63, 3.8) is 0 Å². The van der Waals surface area contributed by atoms with Gasteiger partial charge in [0, 0.05) is 30.6 Å². The van der Waals surface area contributed by atoms with E-state index in [-0.39, 0.29) is 42.3 Å². The van der Waals surface area contributed by atoms with Gasteiger partial charge in [-0.2, -0.15) is 0 Å². The maximum Gasteiger partial charge on any atom is 0.308 e. The molecule has 1 saturated carbocycles. The molecule has 1 spiro atoms. The molecular formula is C22H34O7. The molecule has 4 heterocycles. The Morgan fingerprint density at radius 2 is 1.83 bits per heavy atom. The molecule has 0 aromatic rings. The lowest BCUT2D eigenvalue weighted by molar-refractivity contribution is -0.576. The summed E-state index contributed by atoms with van der Waals surface area (Å²) in [5.41, 5.74) is -0.663. The van der Waals surface area contributed by atoms with Crippen molar-refractivity contribution in [2.45, 2.75) is 97.1 Å². The molecule has 0 N–H and O–H groups in total. The van der Waals surface area contributed by atoms with Crippen molar-refractivity contribution in [3.8, 4) is 0 Å². The molecule has 5 fully saturated rings. The van der Waals surface area contributed by atoms with Crippen LogP contribution in [0.4, 0.5) is 0 Å². The minimum atomic E-state index is -0.851. The van der Waals surface area contributed by atoms with Crippen LogP contribution in [0.5, 0.6) is 0 Å². The van der Waals surface area contributed by atoms with Gasteiger partial charge in [-0.15, -0.1) is 0 Å². The molecular weight excluding hydrogens is 376 g/mol. The van der Waals surface area contributed by atoms with Crippen molar-refractivity contribution >= 4 is 11.8 Å². The van der Waals surface area contributed by atoms with Gasteiger partial charge < -0.3 is 14.2 Å². The van der Waals surface area contributed by atoms with Crippen molar-refractivity contribution < 1.29 is 33.6 Å². The van der Waals surface area contributed by atoms with Gasteiger partial charge in [-0.25, -0.2) is 9.78 Å². The van der Waals surface area contributed by atoms with E-state index in [0.717, 1.165) is 25.7 Å². The Balaban J connectivity index is 1.52. The van der Waals surface area contributed by atoms with Gasteiger partial charge in [-0.3, -0.25) is 9.59 Å². The molecule has 0 aromatic carbocycles. The first-order valence-electron chi connectivity index (χ1n) is 11.1. The fraction of sp³-hybridized carbons (Fsp3) is 0.909. The Hall–Kier alpha value is -1.02. The van der Waals surface area contributed by atoms with E-state index >= 15 is 0 Å². The number of Topliss-reactive ketones (excluding diaryl/α,β-unsaturated/α-hetero) is 1. The van der Waals surface area contributed by atoms with Crippen LogP contribution in [-0.2, 0) is 33.6 Å². The third kappa shape index (κ3) is 3.54. The topological polar surface area (TPSA) is 80.3 Å². The van der Waals surface area contributed by atoms with Crippen LogP contribution < -0.4 is 0 Å². The van der Waals surface area contributed by atoms with Crippen molar-refractivity contribution in [2.24, 2.45) is 29.6 Å². The Bertz CT molecular complexity index is 664. The molecule has 7 nitrogen and oxygen atoms in total. The highest BCUT2D eigenvalue weighted by molar-refractivity contribution is 5.84.